The summed E-state index contributed by atoms with van der Waals surface area (Å²) in [5.74, 6) is -1.56. The van der Waals surface area contributed by atoms with Gasteiger partial charge < -0.3 is 4.74 Å². The van der Waals surface area contributed by atoms with E-state index in [2.05, 4.69) is 4.74 Å². The SMILES string of the molecule is CCC(=CCn1cc(F)c(=O)[nH]c1=O)C(=O)OC. The van der Waals surface area contributed by atoms with E-state index in [1.54, 1.807) is 6.92 Å². The molecule has 0 aliphatic heterocycles. The number of rotatable bonds is 4. The molecule has 0 spiro atoms. The van der Waals surface area contributed by atoms with Crippen molar-refractivity contribution in [1.82, 2.24) is 9.55 Å². The number of aromatic nitrogens is 2. The molecule has 0 fully saturated rings. The minimum Gasteiger partial charge on any atom is -0.466 e. The smallest absolute Gasteiger partial charge is 0.333 e. The van der Waals surface area contributed by atoms with Crippen LogP contribution in [0.2, 0.25) is 0 Å². The number of aromatic amines is 1. The molecule has 0 atom stereocenters. The molecule has 0 bridgehead atoms. The molecule has 1 aromatic heterocycles. The Kier molecular flexibility index (Phi) is 4.59. The number of carbonyl (C=O) groups is 1. The van der Waals surface area contributed by atoms with Gasteiger partial charge in [-0.25, -0.2) is 9.59 Å². The summed E-state index contributed by atoms with van der Waals surface area (Å²) in [4.78, 5) is 35.2. The molecular formula is C11H13FN2O4. The number of nitrogens with one attached hydrogen (secondary N) is 1. The topological polar surface area (TPSA) is 81.2 Å². The van der Waals surface area contributed by atoms with Crippen molar-refractivity contribution in [2.75, 3.05) is 7.11 Å². The van der Waals surface area contributed by atoms with Gasteiger partial charge in [0, 0.05) is 12.1 Å². The highest BCUT2D eigenvalue weighted by Gasteiger charge is 2.07. The van der Waals surface area contributed by atoms with Crippen LogP contribution in [0.3, 0.4) is 0 Å². The quantitative estimate of drug-likeness (QED) is 0.615. The van der Waals surface area contributed by atoms with Crippen LogP contribution in [0.25, 0.3) is 0 Å². The summed E-state index contributed by atoms with van der Waals surface area (Å²) in [6, 6.07) is 0. The molecule has 18 heavy (non-hydrogen) atoms. The first kappa shape index (κ1) is 13.9. The lowest BCUT2D eigenvalue weighted by Gasteiger charge is -2.04. The Bertz CT molecular complexity index is 585. The average Bonchev–Trinajstić information content (AvgIpc) is 2.35. The van der Waals surface area contributed by atoms with E-state index in [1.165, 1.54) is 13.2 Å². The fourth-order valence-corrected chi connectivity index (χ4v) is 1.33. The summed E-state index contributed by atoms with van der Waals surface area (Å²) in [7, 11) is 1.25. The molecule has 0 aromatic carbocycles. The van der Waals surface area contributed by atoms with Gasteiger partial charge in [0.15, 0.2) is 0 Å². The maximum absolute atomic E-state index is 13.0. The van der Waals surface area contributed by atoms with Crippen molar-refractivity contribution >= 4 is 5.97 Å². The summed E-state index contributed by atoms with van der Waals surface area (Å²) in [5, 5.41) is 0. The maximum Gasteiger partial charge on any atom is 0.333 e. The van der Waals surface area contributed by atoms with Crippen LogP contribution < -0.4 is 11.2 Å². The number of esters is 1. The molecule has 0 radical (unpaired) electrons. The Morgan fingerprint density at radius 1 is 1.56 bits per heavy atom. The van der Waals surface area contributed by atoms with Gasteiger partial charge in [-0.05, 0) is 6.42 Å². The van der Waals surface area contributed by atoms with Gasteiger partial charge in [-0.3, -0.25) is 14.3 Å². The Morgan fingerprint density at radius 3 is 2.78 bits per heavy atom. The van der Waals surface area contributed by atoms with Crippen LogP contribution in [-0.4, -0.2) is 22.6 Å². The first-order chi connectivity index (χ1) is 8.49. The third-order valence-corrected chi connectivity index (χ3v) is 2.33. The third kappa shape index (κ3) is 3.16. The molecule has 1 aromatic rings. The van der Waals surface area contributed by atoms with Crippen molar-refractivity contribution in [3.63, 3.8) is 0 Å². The second-order valence-electron chi connectivity index (χ2n) is 3.46. The van der Waals surface area contributed by atoms with Crippen molar-refractivity contribution in [3.05, 3.63) is 44.5 Å². The van der Waals surface area contributed by atoms with Crippen molar-refractivity contribution < 1.29 is 13.9 Å². The Balaban J connectivity index is 3.02. The van der Waals surface area contributed by atoms with Crippen molar-refractivity contribution in [2.24, 2.45) is 0 Å². The highest BCUT2D eigenvalue weighted by atomic mass is 19.1. The zero-order valence-electron chi connectivity index (χ0n) is 10.0. The largest absolute Gasteiger partial charge is 0.466 e. The standard InChI is InChI=1S/C11H13FN2O4/c1-3-7(10(16)18-2)4-5-14-6-8(12)9(15)13-11(14)17/h4,6H,3,5H2,1-2H3,(H,13,15,17). The van der Waals surface area contributed by atoms with E-state index in [-0.39, 0.29) is 6.54 Å². The number of methoxy groups -OCH3 is 1. The third-order valence-electron chi connectivity index (χ3n) is 2.33. The molecule has 0 amide bonds. The lowest BCUT2D eigenvalue weighted by atomic mass is 10.2. The summed E-state index contributed by atoms with van der Waals surface area (Å²) >= 11 is 0. The van der Waals surface area contributed by atoms with Crippen LogP contribution >= 0.6 is 0 Å². The summed E-state index contributed by atoms with van der Waals surface area (Å²) in [6.07, 6.45) is 2.67. The number of halogens is 1. The lowest BCUT2D eigenvalue weighted by molar-refractivity contribution is -0.136. The molecule has 1 heterocycles. The number of nitrogens with zero attached hydrogens (tertiary/aromatic N) is 1. The normalized spacial score (nSPS) is 11.4. The molecule has 0 saturated heterocycles. The second kappa shape index (κ2) is 5.95. The van der Waals surface area contributed by atoms with Gasteiger partial charge in [0.25, 0.3) is 5.56 Å². The lowest BCUT2D eigenvalue weighted by Crippen LogP contribution is -2.31. The van der Waals surface area contributed by atoms with Crippen LogP contribution in [0.15, 0.2) is 27.4 Å². The predicted molar refractivity (Wildman–Crippen MR) is 61.7 cm³/mol. The molecule has 0 aliphatic carbocycles. The zero-order valence-corrected chi connectivity index (χ0v) is 10.0. The highest BCUT2D eigenvalue weighted by molar-refractivity contribution is 5.88. The number of hydrogen-bond acceptors (Lipinski definition) is 4. The Hall–Kier alpha value is -2.18. The van der Waals surface area contributed by atoms with E-state index >= 15 is 0 Å². The van der Waals surface area contributed by atoms with E-state index in [1.807, 2.05) is 4.98 Å². The monoisotopic (exact) mass is 256 g/mol. The van der Waals surface area contributed by atoms with E-state index in [0.29, 0.717) is 12.0 Å². The number of hydrogen-bond donors (Lipinski definition) is 1. The van der Waals surface area contributed by atoms with Gasteiger partial charge in [-0.2, -0.15) is 4.39 Å². The van der Waals surface area contributed by atoms with E-state index in [9.17, 15) is 18.8 Å². The summed E-state index contributed by atoms with van der Waals surface area (Å²) in [5.41, 5.74) is -1.43. The van der Waals surface area contributed by atoms with Crippen molar-refractivity contribution in [2.45, 2.75) is 19.9 Å². The Morgan fingerprint density at radius 2 is 2.22 bits per heavy atom. The number of H-pyrrole nitrogens is 1. The average molecular weight is 256 g/mol. The van der Waals surface area contributed by atoms with Gasteiger partial charge in [-0.1, -0.05) is 13.0 Å². The molecule has 7 heteroatoms. The summed E-state index contributed by atoms with van der Waals surface area (Å²) in [6.45, 7) is 1.73. The minimum atomic E-state index is -1.07. The van der Waals surface area contributed by atoms with Gasteiger partial charge >= 0.3 is 11.7 Å². The van der Waals surface area contributed by atoms with Crippen molar-refractivity contribution in [1.29, 1.82) is 0 Å². The highest BCUT2D eigenvalue weighted by Crippen LogP contribution is 2.03. The molecule has 0 aliphatic rings. The molecule has 1 rings (SSSR count). The van der Waals surface area contributed by atoms with Crippen LogP contribution in [0.1, 0.15) is 13.3 Å². The minimum absolute atomic E-state index is 0.0230. The fraction of sp³-hybridized carbons (Fsp3) is 0.364. The molecule has 98 valence electrons. The van der Waals surface area contributed by atoms with Gasteiger partial charge in [0.2, 0.25) is 5.82 Å². The predicted octanol–water partition coefficient (Wildman–Crippen LogP) is 0.185. The zero-order chi connectivity index (χ0) is 13.7. The van der Waals surface area contributed by atoms with Crippen LogP contribution in [0.5, 0.6) is 0 Å². The molecule has 0 saturated carbocycles. The number of ether oxygens (including phenoxy) is 1. The van der Waals surface area contributed by atoms with E-state index < -0.39 is 23.0 Å². The van der Waals surface area contributed by atoms with Gasteiger partial charge in [0.1, 0.15) is 0 Å². The van der Waals surface area contributed by atoms with Crippen LogP contribution in [0.4, 0.5) is 4.39 Å². The molecular weight excluding hydrogens is 243 g/mol. The maximum atomic E-state index is 13.0. The van der Waals surface area contributed by atoms with E-state index in [0.717, 1.165) is 10.8 Å². The molecule has 0 unspecified atom stereocenters. The van der Waals surface area contributed by atoms with Crippen molar-refractivity contribution in [3.8, 4) is 0 Å². The molecule has 6 nitrogen and oxygen atoms in total. The fourth-order valence-electron chi connectivity index (χ4n) is 1.33. The number of allylic oxidation sites excluding steroid dienone is 1. The first-order valence-corrected chi connectivity index (χ1v) is 5.26. The van der Waals surface area contributed by atoms with Crippen LogP contribution in [0, 0.1) is 5.82 Å². The van der Waals surface area contributed by atoms with Gasteiger partial charge in [0.05, 0.1) is 13.3 Å². The summed E-state index contributed by atoms with van der Waals surface area (Å²) < 4.78 is 18.5. The van der Waals surface area contributed by atoms with E-state index in [4.69, 9.17) is 0 Å². The first-order valence-electron chi connectivity index (χ1n) is 5.26. The van der Waals surface area contributed by atoms with Gasteiger partial charge in [-0.15, -0.1) is 0 Å². The molecule has 1 N–H and O–H groups in total. The second-order valence-corrected chi connectivity index (χ2v) is 3.46. The van der Waals surface area contributed by atoms with Crippen LogP contribution in [-0.2, 0) is 16.1 Å². The Labute approximate surface area is 102 Å². The number of carbonyl (C=O) groups excluding carboxylic acids is 1.